The van der Waals surface area contributed by atoms with E-state index in [-0.39, 0.29) is 11.0 Å². The minimum Gasteiger partial charge on any atom is -0.431 e. The summed E-state index contributed by atoms with van der Waals surface area (Å²) in [6.07, 6.45) is 13.9. The fourth-order valence-corrected chi connectivity index (χ4v) is 8.36. The van der Waals surface area contributed by atoms with Crippen LogP contribution in [0.4, 0.5) is 0 Å². The lowest BCUT2D eigenvalue weighted by molar-refractivity contribution is -0.200. The minimum atomic E-state index is -0.567. The van der Waals surface area contributed by atoms with Gasteiger partial charge in [-0.1, -0.05) is 26.7 Å². The second-order valence-electron chi connectivity index (χ2n) is 10.6. The van der Waals surface area contributed by atoms with Crippen LogP contribution in [-0.2, 0) is 0 Å². The highest BCUT2D eigenvalue weighted by Crippen LogP contribution is 2.70. The van der Waals surface area contributed by atoms with E-state index in [1.165, 1.54) is 51.0 Å². The first kappa shape index (κ1) is 18.0. The van der Waals surface area contributed by atoms with Crippen LogP contribution >= 0.6 is 0 Å². The highest BCUT2D eigenvalue weighted by Gasteiger charge is 2.67. The number of aliphatic hydroxyl groups is 1. The summed E-state index contributed by atoms with van der Waals surface area (Å²) in [5.41, 5.74) is 0.581. The van der Waals surface area contributed by atoms with Gasteiger partial charge >= 0.3 is 5.63 Å². The van der Waals surface area contributed by atoms with Crippen molar-refractivity contribution in [1.82, 2.24) is 0 Å². The highest BCUT2D eigenvalue weighted by molar-refractivity contribution is 5.26. The Labute approximate surface area is 162 Å². The fraction of sp³-hybridized carbons (Fsp3) is 0.792. The molecule has 4 aliphatic carbocycles. The molecule has 1 heterocycles. The van der Waals surface area contributed by atoms with Crippen molar-refractivity contribution in [3.8, 4) is 0 Å². The van der Waals surface area contributed by atoms with E-state index in [0.717, 1.165) is 30.7 Å². The second-order valence-corrected chi connectivity index (χ2v) is 10.6. The molecule has 1 aromatic rings. The van der Waals surface area contributed by atoms with Crippen LogP contribution in [0.15, 0.2) is 27.6 Å². The molecular weight excluding hydrogens is 336 g/mol. The topological polar surface area (TPSA) is 50.4 Å². The molecular formula is C24H34O3. The molecule has 148 valence electrons. The smallest absolute Gasteiger partial charge is 0.335 e. The Kier molecular flexibility index (Phi) is 3.96. The maximum Gasteiger partial charge on any atom is 0.335 e. The Balaban J connectivity index is 1.50. The molecule has 1 aromatic heterocycles. The number of hydrogen-bond acceptors (Lipinski definition) is 3. The Hall–Kier alpha value is -1.09. The molecule has 0 aromatic carbocycles. The van der Waals surface area contributed by atoms with Gasteiger partial charge in [0, 0.05) is 11.5 Å². The maximum atomic E-state index is 12.2. The first-order valence-corrected chi connectivity index (χ1v) is 11.2. The van der Waals surface area contributed by atoms with E-state index in [4.69, 9.17) is 4.42 Å². The average Bonchev–Trinajstić information content (AvgIpc) is 2.94. The molecule has 4 fully saturated rings. The Morgan fingerprint density at radius 2 is 1.81 bits per heavy atom. The summed E-state index contributed by atoms with van der Waals surface area (Å²) >= 11 is 0. The molecule has 4 saturated carbocycles. The number of hydrogen-bond donors (Lipinski definition) is 1. The Bertz CT molecular complexity index is 764. The zero-order valence-electron chi connectivity index (χ0n) is 16.9. The lowest BCUT2D eigenvalue weighted by atomic mass is 9.43. The van der Waals surface area contributed by atoms with Gasteiger partial charge in [0.15, 0.2) is 0 Å². The molecule has 5 rings (SSSR count). The summed E-state index contributed by atoms with van der Waals surface area (Å²) in [5.74, 6) is 2.30. The van der Waals surface area contributed by atoms with Gasteiger partial charge in [0.2, 0.25) is 0 Å². The van der Waals surface area contributed by atoms with Crippen LogP contribution in [0.25, 0.3) is 0 Å². The summed E-state index contributed by atoms with van der Waals surface area (Å²) in [6, 6.07) is 3.47. The normalized spacial score (nSPS) is 49.1. The van der Waals surface area contributed by atoms with Gasteiger partial charge in [-0.2, -0.15) is 0 Å². The van der Waals surface area contributed by atoms with Gasteiger partial charge in [0.05, 0.1) is 11.9 Å². The van der Waals surface area contributed by atoms with Crippen molar-refractivity contribution in [3.05, 3.63) is 34.4 Å². The van der Waals surface area contributed by atoms with Crippen molar-refractivity contribution in [2.75, 3.05) is 0 Å². The molecule has 0 radical (unpaired) electrons. The van der Waals surface area contributed by atoms with E-state index < -0.39 is 5.60 Å². The first-order valence-electron chi connectivity index (χ1n) is 11.2. The predicted octanol–water partition coefficient (Wildman–Crippen LogP) is 5.27. The van der Waals surface area contributed by atoms with Gasteiger partial charge in [0.1, 0.15) is 0 Å². The van der Waals surface area contributed by atoms with Gasteiger partial charge in [-0.05, 0) is 92.1 Å². The minimum absolute atomic E-state index is 0.105. The summed E-state index contributed by atoms with van der Waals surface area (Å²) in [6.45, 7) is 4.87. The molecule has 3 heteroatoms. The molecule has 27 heavy (non-hydrogen) atoms. The molecule has 7 atom stereocenters. The van der Waals surface area contributed by atoms with Crippen LogP contribution in [0.3, 0.4) is 0 Å². The van der Waals surface area contributed by atoms with Gasteiger partial charge in [0.25, 0.3) is 0 Å². The number of rotatable bonds is 1. The SMILES string of the molecule is C[C@]12CCCCC1CC[C@@H]1[C@@H]2CC[C@]2(C)[C@@H](c3ccc(=O)oc3)CC[C@]12O. The third-order valence-electron chi connectivity index (χ3n) is 9.90. The molecule has 4 aliphatic rings. The lowest BCUT2D eigenvalue weighted by Crippen LogP contribution is -2.61. The van der Waals surface area contributed by atoms with Crippen molar-refractivity contribution in [3.63, 3.8) is 0 Å². The van der Waals surface area contributed by atoms with Gasteiger partial charge in [-0.15, -0.1) is 0 Å². The van der Waals surface area contributed by atoms with Crippen molar-refractivity contribution in [2.45, 2.75) is 89.6 Å². The third kappa shape index (κ3) is 2.33. The summed E-state index contributed by atoms with van der Waals surface area (Å²) in [4.78, 5) is 11.4. The Morgan fingerprint density at radius 3 is 2.59 bits per heavy atom. The van der Waals surface area contributed by atoms with E-state index in [1.807, 2.05) is 6.07 Å². The second kappa shape index (κ2) is 5.95. The van der Waals surface area contributed by atoms with E-state index in [2.05, 4.69) is 13.8 Å². The monoisotopic (exact) mass is 370 g/mol. The largest absolute Gasteiger partial charge is 0.431 e. The molecule has 1 unspecified atom stereocenters. The van der Waals surface area contributed by atoms with Crippen LogP contribution in [0.1, 0.15) is 89.5 Å². The standard InChI is InChI=1S/C24H34O3/c1-22-12-4-3-5-17(22)7-8-20-19(22)10-13-23(2)18(11-14-24(20,23)26)16-6-9-21(25)27-15-16/h6,9,15,17-20,26H,3-5,7-8,10-14H2,1-2H3/t17?,18-,19+,20-,22+,23-,24+/m1/s1. The van der Waals surface area contributed by atoms with E-state index >= 15 is 0 Å². The van der Waals surface area contributed by atoms with E-state index in [1.54, 1.807) is 6.26 Å². The van der Waals surface area contributed by atoms with Crippen molar-refractivity contribution >= 4 is 0 Å². The quantitative estimate of drug-likeness (QED) is 0.732. The van der Waals surface area contributed by atoms with Crippen molar-refractivity contribution in [2.24, 2.45) is 28.6 Å². The lowest BCUT2D eigenvalue weighted by Gasteiger charge is -2.63. The van der Waals surface area contributed by atoms with Crippen LogP contribution in [0, 0.1) is 28.6 Å². The summed E-state index contributed by atoms with van der Waals surface area (Å²) < 4.78 is 5.18. The zero-order chi connectivity index (χ0) is 18.9. The van der Waals surface area contributed by atoms with Gasteiger partial charge < -0.3 is 9.52 Å². The summed E-state index contributed by atoms with van der Waals surface area (Å²) in [7, 11) is 0. The first-order chi connectivity index (χ1) is 12.9. The van der Waals surface area contributed by atoms with E-state index in [9.17, 15) is 9.90 Å². The molecule has 1 N–H and O–H groups in total. The summed E-state index contributed by atoms with van der Waals surface area (Å²) in [5, 5.41) is 12.2. The highest BCUT2D eigenvalue weighted by atomic mass is 16.4. The van der Waals surface area contributed by atoms with Gasteiger partial charge in [-0.3, -0.25) is 0 Å². The average molecular weight is 371 g/mol. The molecule has 3 nitrogen and oxygen atoms in total. The maximum absolute atomic E-state index is 12.2. The molecule has 0 bridgehead atoms. The predicted molar refractivity (Wildman–Crippen MR) is 106 cm³/mol. The Morgan fingerprint density at radius 1 is 0.963 bits per heavy atom. The van der Waals surface area contributed by atoms with E-state index in [0.29, 0.717) is 23.2 Å². The fourth-order valence-electron chi connectivity index (χ4n) is 8.36. The van der Waals surface area contributed by atoms with Crippen LogP contribution in [-0.4, -0.2) is 10.7 Å². The third-order valence-corrected chi connectivity index (χ3v) is 9.90. The van der Waals surface area contributed by atoms with Gasteiger partial charge in [-0.25, -0.2) is 4.79 Å². The van der Waals surface area contributed by atoms with Crippen molar-refractivity contribution in [1.29, 1.82) is 0 Å². The van der Waals surface area contributed by atoms with Crippen LogP contribution in [0.2, 0.25) is 0 Å². The van der Waals surface area contributed by atoms with Crippen LogP contribution < -0.4 is 5.63 Å². The molecule has 0 spiro atoms. The molecule has 0 amide bonds. The molecule has 0 saturated heterocycles. The zero-order valence-corrected chi connectivity index (χ0v) is 16.9. The molecule has 0 aliphatic heterocycles. The van der Waals surface area contributed by atoms with Crippen LogP contribution in [0.5, 0.6) is 0 Å². The van der Waals surface area contributed by atoms with Crippen molar-refractivity contribution < 1.29 is 9.52 Å². The number of fused-ring (bicyclic) bond motifs is 5.